The summed E-state index contributed by atoms with van der Waals surface area (Å²) in [5.41, 5.74) is 21.1. The van der Waals surface area contributed by atoms with Crippen molar-refractivity contribution in [2.75, 3.05) is 71.6 Å². The molecule has 0 radical (unpaired) electrons. The van der Waals surface area contributed by atoms with Crippen molar-refractivity contribution in [3.8, 4) is 5.88 Å². The topological polar surface area (TPSA) is 327 Å². The lowest BCUT2D eigenvalue weighted by molar-refractivity contribution is -0.133. The minimum atomic E-state index is -0.931. The number of hydrogen-bond acceptors (Lipinski definition) is 14. The van der Waals surface area contributed by atoms with Crippen molar-refractivity contribution in [2.24, 2.45) is 28.6 Å². The van der Waals surface area contributed by atoms with E-state index in [1.807, 2.05) is 13.8 Å². The Hall–Kier alpha value is -5.51. The number of nitrogens with zero attached hydrogens (tertiary/aromatic N) is 7. The van der Waals surface area contributed by atoms with E-state index in [-0.39, 0.29) is 74.3 Å². The fourth-order valence-corrected chi connectivity index (χ4v) is 7.64. The molecule has 1 saturated carbocycles. The Labute approximate surface area is 393 Å². The van der Waals surface area contributed by atoms with Gasteiger partial charge in [0, 0.05) is 56.9 Å². The van der Waals surface area contributed by atoms with Crippen molar-refractivity contribution in [3.63, 3.8) is 0 Å². The van der Waals surface area contributed by atoms with Crippen molar-refractivity contribution >= 4 is 46.5 Å². The van der Waals surface area contributed by atoms with E-state index in [1.54, 1.807) is 13.8 Å². The van der Waals surface area contributed by atoms with Crippen LogP contribution in [0.15, 0.2) is 5.11 Å². The highest BCUT2D eigenvalue weighted by molar-refractivity contribution is 5.92. The second-order valence-corrected chi connectivity index (χ2v) is 17.4. The molecule has 0 unspecified atom stereocenters. The fourth-order valence-electron chi connectivity index (χ4n) is 7.64. The molecule has 0 saturated heterocycles. The van der Waals surface area contributed by atoms with Crippen LogP contribution in [0, 0.1) is 17.8 Å². The van der Waals surface area contributed by atoms with Crippen LogP contribution in [0.3, 0.4) is 0 Å². The van der Waals surface area contributed by atoms with Crippen LogP contribution in [0.1, 0.15) is 111 Å². The standard InChI is InChI=1S/C44H76N14O9/c1-6-7-11-34-53-38-39(43(67-30(4)5)56-55-40(38)45)58(34)28-32-16-14-31(15-17-32)27-50-41(61)33(10-9-18-49-44(46)63)52-42(62)37(29(2)3)54-36(60)13-8-12-35(59)48-19-21-64-23-25-66-26-24-65-22-20-51-57-47/h29-33,37H,6-28H2,1-5H3,(H2,45,55)(H,48,59)(H,50,61)(H,52,62)(H,54,60)(H3,46,49,63)/t31?,32?,33-,37-/m0/s1. The number of primary amides is 1. The quantitative estimate of drug-likeness (QED) is 0.0230. The number of nitrogens with two attached hydrogens (primary N) is 2. The Morgan fingerprint density at radius 1 is 0.821 bits per heavy atom. The summed E-state index contributed by atoms with van der Waals surface area (Å²) in [7, 11) is 0. The van der Waals surface area contributed by atoms with Crippen molar-refractivity contribution in [2.45, 2.75) is 136 Å². The number of unbranched alkanes of at least 4 members (excludes halogenated alkanes) is 1. The van der Waals surface area contributed by atoms with Gasteiger partial charge in [-0.2, -0.15) is 0 Å². The molecule has 67 heavy (non-hydrogen) atoms. The third-order valence-electron chi connectivity index (χ3n) is 11.2. The average molecular weight is 945 g/mol. The molecule has 23 nitrogen and oxygen atoms in total. The van der Waals surface area contributed by atoms with Gasteiger partial charge in [0.25, 0.3) is 5.88 Å². The number of urea groups is 1. The fraction of sp³-hybridized carbons (Fsp3) is 0.773. The molecule has 0 aliphatic heterocycles. The SMILES string of the molecule is CCCCc1nc2c(N)nnc(OC(C)C)c2n1CC1CCC(CNC(=O)[C@H](CCCNC(N)=O)NC(=O)[C@@H](NC(=O)CCCC(=O)NCCOCCOCCOCCN=[N+]=[N-])C(C)C)CC1. The molecule has 1 aliphatic carbocycles. The van der Waals surface area contributed by atoms with Gasteiger partial charge in [0.1, 0.15) is 28.9 Å². The molecule has 2 aromatic rings. The van der Waals surface area contributed by atoms with Crippen LogP contribution >= 0.6 is 0 Å². The zero-order chi connectivity index (χ0) is 49.0. The van der Waals surface area contributed by atoms with E-state index in [9.17, 15) is 24.0 Å². The van der Waals surface area contributed by atoms with Gasteiger partial charge in [-0.15, -0.1) is 10.2 Å². The number of carbonyl (C=O) groups excluding carboxylic acids is 5. The minimum Gasteiger partial charge on any atom is -0.472 e. The molecule has 23 heteroatoms. The Bertz CT molecular complexity index is 1880. The highest BCUT2D eigenvalue weighted by atomic mass is 16.5. The van der Waals surface area contributed by atoms with Gasteiger partial charge in [0.05, 0.1) is 45.7 Å². The smallest absolute Gasteiger partial charge is 0.312 e. The van der Waals surface area contributed by atoms with Crippen LogP contribution in [-0.4, -0.2) is 133 Å². The summed E-state index contributed by atoms with van der Waals surface area (Å²) in [4.78, 5) is 71.5. The molecule has 1 aliphatic rings. The zero-order valence-corrected chi connectivity index (χ0v) is 40.2. The Kier molecular flexibility index (Phi) is 26.2. The number of aryl methyl sites for hydroxylation is 1. The summed E-state index contributed by atoms with van der Waals surface area (Å²) in [5.74, 6) is 0.452. The maximum absolute atomic E-state index is 13.7. The van der Waals surface area contributed by atoms with E-state index >= 15 is 0 Å². The van der Waals surface area contributed by atoms with Crippen molar-refractivity contribution in [1.29, 1.82) is 0 Å². The molecule has 6 amide bonds. The molecule has 9 N–H and O–H groups in total. The molecular formula is C44H76N14O9. The van der Waals surface area contributed by atoms with Crippen LogP contribution in [0.25, 0.3) is 21.5 Å². The molecule has 1 fully saturated rings. The van der Waals surface area contributed by atoms with E-state index in [0.29, 0.717) is 76.5 Å². The number of ether oxygens (including phenoxy) is 4. The Morgan fingerprint density at radius 2 is 1.49 bits per heavy atom. The first-order chi connectivity index (χ1) is 32.2. The molecule has 376 valence electrons. The number of hydrogen-bond donors (Lipinski definition) is 7. The first kappa shape index (κ1) is 55.8. The molecule has 2 atom stereocenters. The van der Waals surface area contributed by atoms with Gasteiger partial charge in [-0.3, -0.25) is 19.2 Å². The molecular weight excluding hydrogens is 869 g/mol. The lowest BCUT2D eigenvalue weighted by Crippen LogP contribution is -2.55. The average Bonchev–Trinajstić information content (AvgIpc) is 3.66. The summed E-state index contributed by atoms with van der Waals surface area (Å²) >= 11 is 0. The Morgan fingerprint density at radius 3 is 2.15 bits per heavy atom. The van der Waals surface area contributed by atoms with Crippen LogP contribution in [0.2, 0.25) is 0 Å². The van der Waals surface area contributed by atoms with E-state index in [2.05, 4.69) is 58.3 Å². The predicted molar refractivity (Wildman–Crippen MR) is 251 cm³/mol. The van der Waals surface area contributed by atoms with Crippen molar-refractivity contribution in [3.05, 3.63) is 16.3 Å². The van der Waals surface area contributed by atoms with Gasteiger partial charge in [0.2, 0.25) is 23.6 Å². The van der Waals surface area contributed by atoms with Gasteiger partial charge in [-0.1, -0.05) is 32.3 Å². The number of fused-ring (bicyclic) bond motifs is 1. The predicted octanol–water partition coefficient (Wildman–Crippen LogP) is 3.18. The number of imidazole rings is 1. The maximum Gasteiger partial charge on any atom is 0.312 e. The summed E-state index contributed by atoms with van der Waals surface area (Å²) in [6, 6.07) is -2.54. The summed E-state index contributed by atoms with van der Waals surface area (Å²) in [6.07, 6.45) is 7.37. The first-order valence-corrected chi connectivity index (χ1v) is 23.8. The Balaban J connectivity index is 1.46. The number of nitrogen functional groups attached to an aromatic ring is 1. The number of nitrogens with one attached hydrogen (secondary N) is 5. The van der Waals surface area contributed by atoms with E-state index in [1.165, 1.54) is 0 Å². The number of amides is 6. The summed E-state index contributed by atoms with van der Waals surface area (Å²) in [6.45, 7) is 13.7. The molecule has 0 spiro atoms. The van der Waals surface area contributed by atoms with Gasteiger partial charge < -0.3 is 61.6 Å². The van der Waals surface area contributed by atoms with E-state index in [4.69, 9.17) is 40.9 Å². The van der Waals surface area contributed by atoms with E-state index in [0.717, 1.165) is 62.8 Å². The second-order valence-electron chi connectivity index (χ2n) is 17.4. The molecule has 0 aromatic carbocycles. The normalized spacial score (nSPS) is 15.7. The third kappa shape index (κ3) is 21.3. The van der Waals surface area contributed by atoms with Crippen molar-refractivity contribution < 1.29 is 42.9 Å². The lowest BCUT2D eigenvalue weighted by Gasteiger charge is -2.30. The largest absolute Gasteiger partial charge is 0.472 e. The molecule has 3 rings (SSSR count). The molecule has 2 aromatic heterocycles. The number of anilines is 1. The summed E-state index contributed by atoms with van der Waals surface area (Å²) in [5, 5.41) is 25.7. The van der Waals surface area contributed by atoms with Gasteiger partial charge in [0.15, 0.2) is 5.82 Å². The third-order valence-corrected chi connectivity index (χ3v) is 11.2. The van der Waals surface area contributed by atoms with Crippen LogP contribution in [-0.2, 0) is 46.4 Å². The molecule has 2 heterocycles. The van der Waals surface area contributed by atoms with Crippen LogP contribution in [0.5, 0.6) is 5.88 Å². The summed E-state index contributed by atoms with van der Waals surface area (Å²) < 4.78 is 24.3. The number of azide groups is 1. The van der Waals surface area contributed by atoms with Gasteiger partial charge >= 0.3 is 6.03 Å². The second kappa shape index (κ2) is 31.5. The highest BCUT2D eigenvalue weighted by Gasteiger charge is 2.30. The van der Waals surface area contributed by atoms with Crippen LogP contribution < -0.4 is 42.8 Å². The maximum atomic E-state index is 13.7. The first-order valence-electron chi connectivity index (χ1n) is 23.8. The highest BCUT2D eigenvalue weighted by Crippen LogP contribution is 2.34. The van der Waals surface area contributed by atoms with Gasteiger partial charge in [-0.05, 0) is 88.5 Å². The van der Waals surface area contributed by atoms with Crippen LogP contribution in [0.4, 0.5) is 10.6 Å². The number of carbonyl (C=O) groups is 5. The van der Waals surface area contributed by atoms with Crippen molar-refractivity contribution in [1.82, 2.24) is 46.3 Å². The number of aromatic nitrogens is 4. The molecule has 0 bridgehead atoms. The number of rotatable bonds is 34. The minimum absolute atomic E-state index is 0.0216. The zero-order valence-electron chi connectivity index (χ0n) is 40.2. The monoisotopic (exact) mass is 945 g/mol. The lowest BCUT2D eigenvalue weighted by atomic mass is 9.82. The van der Waals surface area contributed by atoms with Gasteiger partial charge in [-0.25, -0.2) is 9.78 Å². The van der Waals surface area contributed by atoms with E-state index < -0.39 is 29.9 Å².